The van der Waals surface area contributed by atoms with E-state index in [1.807, 2.05) is 0 Å². The van der Waals surface area contributed by atoms with Crippen molar-refractivity contribution in [2.24, 2.45) is 4.99 Å². The molecular formula is C13H18IN3. The summed E-state index contributed by atoms with van der Waals surface area (Å²) in [4.78, 5) is 4.43. The summed E-state index contributed by atoms with van der Waals surface area (Å²) in [6, 6.07) is 11.3. The highest BCUT2D eigenvalue weighted by atomic mass is 127. The molecule has 1 aromatic rings. The Morgan fingerprint density at radius 2 is 2.06 bits per heavy atom. The molecule has 92 valence electrons. The fraction of sp³-hybridized carbons (Fsp3) is 0.462. The third-order valence-corrected chi connectivity index (χ3v) is 3.24. The number of nitrogens with one attached hydrogen (secondary N) is 2. The number of aliphatic imine (C=N–C) groups is 1. The molecule has 1 heterocycles. The van der Waals surface area contributed by atoms with Crippen LogP contribution in [0.5, 0.6) is 0 Å². The summed E-state index contributed by atoms with van der Waals surface area (Å²) in [6.07, 6.45) is 2.38. The minimum Gasteiger partial charge on any atom is -0.356 e. The molecule has 3 rings (SSSR count). The summed E-state index contributed by atoms with van der Waals surface area (Å²) in [5, 5.41) is 6.78. The second-order valence-corrected chi connectivity index (χ2v) is 4.51. The standard InChI is InChI=1S/C13H17N3.HI/c1-2-5-10(6-3-1)11-9-12(11)16-13-14-7-4-8-15-13;/h1-3,5-6,11-12H,4,7-9H2,(H2,14,15,16);1H. The molecule has 2 aliphatic rings. The van der Waals surface area contributed by atoms with E-state index in [0.717, 1.165) is 25.5 Å². The molecule has 2 N–H and O–H groups in total. The molecule has 1 fully saturated rings. The first-order valence-corrected chi connectivity index (χ1v) is 6.03. The predicted molar refractivity (Wildman–Crippen MR) is 81.1 cm³/mol. The summed E-state index contributed by atoms with van der Waals surface area (Å²) < 4.78 is 0. The molecule has 0 bridgehead atoms. The Balaban J connectivity index is 0.00000108. The van der Waals surface area contributed by atoms with E-state index in [2.05, 4.69) is 46.0 Å². The number of hydrogen-bond acceptors (Lipinski definition) is 3. The molecule has 3 nitrogen and oxygen atoms in total. The number of hydrogen-bond donors (Lipinski definition) is 2. The Morgan fingerprint density at radius 1 is 1.24 bits per heavy atom. The Hall–Kier alpha value is -0.780. The lowest BCUT2D eigenvalue weighted by molar-refractivity contribution is 0.696. The van der Waals surface area contributed by atoms with Crippen molar-refractivity contribution >= 4 is 29.9 Å². The van der Waals surface area contributed by atoms with E-state index in [1.54, 1.807) is 0 Å². The minimum atomic E-state index is 0. The van der Waals surface area contributed by atoms with Crippen LogP contribution in [0.15, 0.2) is 35.3 Å². The van der Waals surface area contributed by atoms with Crippen molar-refractivity contribution in [3.8, 4) is 0 Å². The van der Waals surface area contributed by atoms with Gasteiger partial charge in [0.05, 0.1) is 0 Å². The first kappa shape index (κ1) is 12.7. The van der Waals surface area contributed by atoms with Gasteiger partial charge in [-0.2, -0.15) is 0 Å². The van der Waals surface area contributed by atoms with Crippen LogP contribution < -0.4 is 10.6 Å². The Kier molecular flexibility index (Phi) is 4.25. The topological polar surface area (TPSA) is 36.4 Å². The Bertz CT molecular complexity index is 391. The van der Waals surface area contributed by atoms with Crippen LogP contribution in [-0.2, 0) is 0 Å². The van der Waals surface area contributed by atoms with Crippen molar-refractivity contribution < 1.29 is 0 Å². The van der Waals surface area contributed by atoms with Crippen molar-refractivity contribution in [2.45, 2.75) is 24.8 Å². The van der Waals surface area contributed by atoms with Gasteiger partial charge in [-0.15, -0.1) is 24.0 Å². The van der Waals surface area contributed by atoms with Crippen molar-refractivity contribution in [2.75, 3.05) is 13.1 Å². The van der Waals surface area contributed by atoms with E-state index < -0.39 is 0 Å². The van der Waals surface area contributed by atoms with Crippen LogP contribution in [0.1, 0.15) is 24.3 Å². The molecule has 0 amide bonds. The molecule has 1 aromatic carbocycles. The lowest BCUT2D eigenvalue weighted by Crippen LogP contribution is -2.42. The van der Waals surface area contributed by atoms with E-state index in [-0.39, 0.29) is 24.0 Å². The summed E-state index contributed by atoms with van der Waals surface area (Å²) in [5.74, 6) is 1.67. The van der Waals surface area contributed by atoms with Gasteiger partial charge in [0.1, 0.15) is 0 Å². The van der Waals surface area contributed by atoms with E-state index in [0.29, 0.717) is 12.0 Å². The highest BCUT2D eigenvalue weighted by Gasteiger charge is 2.38. The summed E-state index contributed by atoms with van der Waals surface area (Å²) in [7, 11) is 0. The average Bonchev–Trinajstić information content (AvgIpc) is 3.11. The predicted octanol–water partition coefficient (Wildman–Crippen LogP) is 2.10. The number of halogens is 1. The van der Waals surface area contributed by atoms with E-state index >= 15 is 0 Å². The second kappa shape index (κ2) is 5.71. The van der Waals surface area contributed by atoms with Crippen molar-refractivity contribution in [1.29, 1.82) is 0 Å². The van der Waals surface area contributed by atoms with Gasteiger partial charge in [0, 0.05) is 25.0 Å². The van der Waals surface area contributed by atoms with Crippen LogP contribution in [0.4, 0.5) is 0 Å². The van der Waals surface area contributed by atoms with Crippen LogP contribution in [0.3, 0.4) is 0 Å². The molecule has 2 atom stereocenters. The van der Waals surface area contributed by atoms with Gasteiger partial charge in [0.2, 0.25) is 0 Å². The molecule has 17 heavy (non-hydrogen) atoms. The van der Waals surface area contributed by atoms with Gasteiger partial charge in [-0.3, -0.25) is 4.99 Å². The molecule has 1 aliphatic heterocycles. The first-order valence-electron chi connectivity index (χ1n) is 6.03. The maximum atomic E-state index is 4.43. The zero-order chi connectivity index (χ0) is 10.8. The van der Waals surface area contributed by atoms with Gasteiger partial charge in [-0.25, -0.2) is 0 Å². The smallest absolute Gasteiger partial charge is 0.191 e. The minimum absolute atomic E-state index is 0. The van der Waals surface area contributed by atoms with Crippen molar-refractivity contribution in [1.82, 2.24) is 10.6 Å². The molecule has 1 saturated carbocycles. The molecule has 1 aliphatic carbocycles. The SMILES string of the molecule is I.c1ccc(C2CC2NC2=NCCCN2)cc1. The zero-order valence-corrected chi connectivity index (χ0v) is 12.1. The largest absolute Gasteiger partial charge is 0.356 e. The normalized spacial score (nSPS) is 26.2. The second-order valence-electron chi connectivity index (χ2n) is 4.51. The lowest BCUT2D eigenvalue weighted by atomic mass is 10.1. The molecule has 0 saturated heterocycles. The van der Waals surface area contributed by atoms with Crippen LogP contribution in [0, 0.1) is 0 Å². The van der Waals surface area contributed by atoms with Gasteiger partial charge in [0.15, 0.2) is 5.96 Å². The first-order chi connectivity index (χ1) is 7.93. The summed E-state index contributed by atoms with van der Waals surface area (Å²) in [5.41, 5.74) is 1.44. The van der Waals surface area contributed by atoms with E-state index in [1.165, 1.54) is 12.0 Å². The van der Waals surface area contributed by atoms with Gasteiger partial charge in [-0.1, -0.05) is 30.3 Å². The van der Waals surface area contributed by atoms with E-state index in [4.69, 9.17) is 0 Å². The molecule has 2 unspecified atom stereocenters. The molecular weight excluding hydrogens is 325 g/mol. The fourth-order valence-electron chi connectivity index (χ4n) is 2.23. The monoisotopic (exact) mass is 343 g/mol. The summed E-state index contributed by atoms with van der Waals surface area (Å²) in [6.45, 7) is 2.01. The molecule has 0 spiro atoms. The lowest BCUT2D eigenvalue weighted by Gasteiger charge is -2.15. The quantitative estimate of drug-likeness (QED) is 0.807. The van der Waals surface area contributed by atoms with Crippen molar-refractivity contribution in [3.63, 3.8) is 0 Å². The third-order valence-electron chi connectivity index (χ3n) is 3.24. The third kappa shape index (κ3) is 3.12. The number of benzene rings is 1. The number of guanidine groups is 1. The van der Waals surface area contributed by atoms with Crippen LogP contribution >= 0.6 is 24.0 Å². The maximum absolute atomic E-state index is 4.43. The Labute approximate surface area is 119 Å². The summed E-state index contributed by atoms with van der Waals surface area (Å²) >= 11 is 0. The zero-order valence-electron chi connectivity index (χ0n) is 9.73. The van der Waals surface area contributed by atoms with Gasteiger partial charge < -0.3 is 10.6 Å². The van der Waals surface area contributed by atoms with E-state index in [9.17, 15) is 0 Å². The van der Waals surface area contributed by atoms with Gasteiger partial charge in [-0.05, 0) is 18.4 Å². The number of nitrogens with zero attached hydrogens (tertiary/aromatic N) is 1. The Morgan fingerprint density at radius 3 is 2.76 bits per heavy atom. The van der Waals surface area contributed by atoms with Crippen molar-refractivity contribution in [3.05, 3.63) is 35.9 Å². The van der Waals surface area contributed by atoms with Crippen LogP contribution in [0.25, 0.3) is 0 Å². The molecule has 0 aromatic heterocycles. The van der Waals surface area contributed by atoms with Gasteiger partial charge >= 0.3 is 0 Å². The highest BCUT2D eigenvalue weighted by Crippen LogP contribution is 2.40. The maximum Gasteiger partial charge on any atom is 0.191 e. The van der Waals surface area contributed by atoms with Crippen LogP contribution in [0.2, 0.25) is 0 Å². The van der Waals surface area contributed by atoms with Gasteiger partial charge in [0.25, 0.3) is 0 Å². The van der Waals surface area contributed by atoms with Crippen LogP contribution in [-0.4, -0.2) is 25.1 Å². The molecule has 4 heteroatoms. The fourth-order valence-corrected chi connectivity index (χ4v) is 2.23. The number of rotatable bonds is 2. The molecule has 0 radical (unpaired) electrons. The average molecular weight is 343 g/mol. The highest BCUT2D eigenvalue weighted by molar-refractivity contribution is 14.0.